The van der Waals surface area contributed by atoms with Gasteiger partial charge in [-0.15, -0.1) is 0 Å². The summed E-state index contributed by atoms with van der Waals surface area (Å²) in [4.78, 5) is 4.17. The number of nitrogens with two attached hydrogens (primary N) is 1. The van der Waals surface area contributed by atoms with Crippen LogP contribution in [0.3, 0.4) is 0 Å². The highest BCUT2D eigenvalue weighted by atomic mass is 19.1. The van der Waals surface area contributed by atoms with Crippen molar-refractivity contribution < 1.29 is 4.39 Å². The smallest absolute Gasteiger partial charge is 0.157 e. The minimum atomic E-state index is -0.488. The summed E-state index contributed by atoms with van der Waals surface area (Å²) >= 11 is 0. The van der Waals surface area contributed by atoms with Gasteiger partial charge in [0.25, 0.3) is 0 Å². The fraction of sp³-hybridized carbons (Fsp3) is 0. The number of aliphatic imine (C=N–C) groups is 1. The molecule has 5 aromatic carbocycles. The lowest BCUT2D eigenvalue weighted by Crippen LogP contribution is -2.16. The first kappa shape index (κ1) is 18.0. The molecular formula is C26H18FN3. The highest BCUT2D eigenvalue weighted by Crippen LogP contribution is 2.36. The van der Waals surface area contributed by atoms with Crippen LogP contribution in [-0.2, 0) is 0 Å². The summed E-state index contributed by atoms with van der Waals surface area (Å²) < 4.78 is 15.1. The van der Waals surface area contributed by atoms with Crippen molar-refractivity contribution in [2.45, 2.75) is 0 Å². The van der Waals surface area contributed by atoms with Gasteiger partial charge in [-0.05, 0) is 44.5 Å². The number of nitrogens with zero attached hydrogens (tertiary/aromatic N) is 1. The molecule has 0 spiro atoms. The number of benzene rings is 5. The van der Waals surface area contributed by atoms with E-state index in [1.54, 1.807) is 6.07 Å². The minimum absolute atomic E-state index is 0.127. The predicted molar refractivity (Wildman–Crippen MR) is 123 cm³/mol. The zero-order chi connectivity index (χ0) is 20.7. The van der Waals surface area contributed by atoms with Crippen molar-refractivity contribution in [1.82, 2.24) is 0 Å². The van der Waals surface area contributed by atoms with Crippen LogP contribution >= 0.6 is 0 Å². The van der Waals surface area contributed by atoms with Crippen molar-refractivity contribution >= 4 is 44.0 Å². The summed E-state index contributed by atoms with van der Waals surface area (Å²) in [5.41, 5.74) is 6.87. The third kappa shape index (κ3) is 2.90. The average molecular weight is 391 g/mol. The molecule has 0 amide bonds. The molecular weight excluding hydrogens is 373 g/mol. The average Bonchev–Trinajstić information content (AvgIpc) is 2.79. The number of rotatable bonds is 2. The molecule has 0 heterocycles. The van der Waals surface area contributed by atoms with E-state index < -0.39 is 5.82 Å². The van der Waals surface area contributed by atoms with E-state index >= 15 is 4.39 Å². The maximum Gasteiger partial charge on any atom is 0.157 e. The summed E-state index contributed by atoms with van der Waals surface area (Å²) in [6.45, 7) is 0. The van der Waals surface area contributed by atoms with Gasteiger partial charge in [0.05, 0.1) is 5.56 Å². The van der Waals surface area contributed by atoms with Crippen molar-refractivity contribution in [1.29, 1.82) is 5.41 Å². The van der Waals surface area contributed by atoms with Crippen LogP contribution in [0.15, 0.2) is 96.0 Å². The summed E-state index contributed by atoms with van der Waals surface area (Å²) in [6, 6.07) is 28.4. The van der Waals surface area contributed by atoms with Crippen LogP contribution in [0, 0.1) is 11.2 Å². The second-order valence-electron chi connectivity index (χ2n) is 7.18. The summed E-state index contributed by atoms with van der Waals surface area (Å²) in [5, 5.41) is 14.3. The van der Waals surface area contributed by atoms with Gasteiger partial charge in [-0.25, -0.2) is 9.38 Å². The van der Waals surface area contributed by atoms with Gasteiger partial charge in [-0.1, -0.05) is 78.9 Å². The fourth-order valence-electron chi connectivity index (χ4n) is 3.96. The van der Waals surface area contributed by atoms with Crippen LogP contribution < -0.4 is 5.73 Å². The van der Waals surface area contributed by atoms with E-state index in [9.17, 15) is 0 Å². The number of halogens is 1. The Morgan fingerprint density at radius 1 is 0.667 bits per heavy atom. The van der Waals surface area contributed by atoms with E-state index in [0.717, 1.165) is 32.3 Å². The molecule has 3 N–H and O–H groups in total. The second kappa shape index (κ2) is 7.08. The first-order valence-corrected chi connectivity index (χ1v) is 9.64. The van der Waals surface area contributed by atoms with E-state index in [-0.39, 0.29) is 17.2 Å². The Labute approximate surface area is 172 Å². The number of nitrogens with one attached hydrogen (secondary N) is 1. The van der Waals surface area contributed by atoms with Gasteiger partial charge < -0.3 is 5.73 Å². The molecule has 0 saturated carbocycles. The lowest BCUT2D eigenvalue weighted by molar-refractivity contribution is 0.627. The monoisotopic (exact) mass is 391 g/mol. The molecule has 0 saturated heterocycles. The zero-order valence-corrected chi connectivity index (χ0v) is 16.1. The van der Waals surface area contributed by atoms with E-state index in [0.29, 0.717) is 5.56 Å². The minimum Gasteiger partial charge on any atom is -0.383 e. The summed E-state index contributed by atoms with van der Waals surface area (Å²) in [5.74, 6) is -0.506. The highest BCUT2D eigenvalue weighted by molar-refractivity contribution is 6.26. The van der Waals surface area contributed by atoms with Crippen molar-refractivity contribution in [2.75, 3.05) is 0 Å². The lowest BCUT2D eigenvalue weighted by atomic mass is 9.93. The van der Waals surface area contributed by atoms with Crippen LogP contribution in [0.1, 0.15) is 11.1 Å². The van der Waals surface area contributed by atoms with Crippen LogP contribution in [0.5, 0.6) is 0 Å². The molecule has 0 aliphatic heterocycles. The lowest BCUT2D eigenvalue weighted by Gasteiger charge is -2.12. The number of hydrogen-bond donors (Lipinski definition) is 2. The van der Waals surface area contributed by atoms with Gasteiger partial charge in [0.1, 0.15) is 11.7 Å². The van der Waals surface area contributed by atoms with Crippen LogP contribution in [0.2, 0.25) is 0 Å². The van der Waals surface area contributed by atoms with Gasteiger partial charge >= 0.3 is 0 Å². The maximum atomic E-state index is 15.1. The second-order valence-corrected chi connectivity index (χ2v) is 7.18. The van der Waals surface area contributed by atoms with Crippen LogP contribution in [-0.4, -0.2) is 11.7 Å². The molecule has 3 nitrogen and oxygen atoms in total. The Morgan fingerprint density at radius 2 is 1.13 bits per heavy atom. The van der Waals surface area contributed by atoms with E-state index in [2.05, 4.69) is 17.1 Å². The van der Waals surface area contributed by atoms with E-state index in [4.69, 9.17) is 11.1 Å². The standard InChI is InChI=1S/C26H18FN3/c27-24-15-22-20-13-7-5-11-18(20)17-10-4-6-12-19(17)21(22)14-23(24)26(29)30-25(28)16-8-2-1-3-9-16/h1-15H,(H3,28,29,30). The van der Waals surface area contributed by atoms with Gasteiger partial charge in [0, 0.05) is 5.56 Å². The van der Waals surface area contributed by atoms with Crippen LogP contribution in [0.25, 0.3) is 32.3 Å². The SMILES string of the molecule is N=C(N=C(N)c1ccccc1)c1cc2c3ccccc3c3ccccc3c2cc1F. The molecule has 0 aromatic heterocycles. The molecule has 0 fully saturated rings. The fourth-order valence-corrected chi connectivity index (χ4v) is 3.96. The third-order valence-corrected chi connectivity index (χ3v) is 5.39. The van der Waals surface area contributed by atoms with Crippen molar-refractivity contribution in [3.05, 3.63) is 108 Å². The van der Waals surface area contributed by atoms with Crippen LogP contribution in [0.4, 0.5) is 4.39 Å². The Morgan fingerprint density at radius 3 is 1.70 bits per heavy atom. The first-order chi connectivity index (χ1) is 14.6. The molecule has 0 atom stereocenters. The van der Waals surface area contributed by atoms with Crippen molar-refractivity contribution in [3.8, 4) is 0 Å². The van der Waals surface area contributed by atoms with Crippen molar-refractivity contribution in [2.24, 2.45) is 10.7 Å². The number of hydrogen-bond acceptors (Lipinski definition) is 1. The van der Waals surface area contributed by atoms with E-state index in [1.807, 2.05) is 66.7 Å². The van der Waals surface area contributed by atoms with E-state index in [1.165, 1.54) is 6.07 Å². The Bertz CT molecular complexity index is 1470. The molecule has 4 heteroatoms. The molecule has 30 heavy (non-hydrogen) atoms. The Balaban J connectivity index is 1.75. The largest absolute Gasteiger partial charge is 0.383 e. The predicted octanol–water partition coefficient (Wildman–Crippen LogP) is 6.02. The summed E-state index contributed by atoms with van der Waals surface area (Å²) in [7, 11) is 0. The van der Waals surface area contributed by atoms with Gasteiger partial charge in [-0.2, -0.15) is 0 Å². The molecule has 0 aliphatic rings. The quantitative estimate of drug-likeness (QED) is 0.216. The molecule has 5 aromatic rings. The maximum absolute atomic E-state index is 15.1. The van der Waals surface area contributed by atoms with Crippen molar-refractivity contribution in [3.63, 3.8) is 0 Å². The topological polar surface area (TPSA) is 62.2 Å². The normalized spacial score (nSPS) is 12.0. The Kier molecular flexibility index (Phi) is 4.25. The zero-order valence-electron chi connectivity index (χ0n) is 16.1. The molecule has 0 radical (unpaired) electrons. The molecule has 0 bridgehead atoms. The van der Waals surface area contributed by atoms with Gasteiger partial charge in [-0.3, -0.25) is 5.41 Å². The Hall–Kier alpha value is -4.05. The van der Waals surface area contributed by atoms with Gasteiger partial charge in [0.15, 0.2) is 5.84 Å². The number of fused-ring (bicyclic) bond motifs is 6. The molecule has 5 rings (SSSR count). The first-order valence-electron chi connectivity index (χ1n) is 9.64. The molecule has 144 valence electrons. The number of amidine groups is 2. The highest BCUT2D eigenvalue weighted by Gasteiger charge is 2.15. The molecule has 0 aliphatic carbocycles. The van der Waals surface area contributed by atoms with Gasteiger partial charge in [0.2, 0.25) is 0 Å². The third-order valence-electron chi connectivity index (χ3n) is 5.39. The molecule has 0 unspecified atom stereocenters. The summed E-state index contributed by atoms with van der Waals surface area (Å²) in [6.07, 6.45) is 0.